The van der Waals surface area contributed by atoms with Gasteiger partial charge in [-0.25, -0.2) is 0 Å². The van der Waals surface area contributed by atoms with Gasteiger partial charge in [-0.3, -0.25) is 0 Å². The zero-order chi connectivity index (χ0) is 13.0. The summed E-state index contributed by atoms with van der Waals surface area (Å²) in [6.45, 7) is 2.87. The average Bonchev–Trinajstić information content (AvgIpc) is 2.85. The monoisotopic (exact) mass is 308 g/mol. The zero-order valence-corrected chi connectivity index (χ0v) is 12.4. The first kappa shape index (κ1) is 13.8. The van der Waals surface area contributed by atoms with Crippen LogP contribution in [0.1, 0.15) is 25.3 Å². The van der Waals surface area contributed by atoms with Gasteiger partial charge in [0.25, 0.3) is 0 Å². The van der Waals surface area contributed by atoms with Crippen molar-refractivity contribution in [1.29, 1.82) is 0 Å². The molecular formula is C15H21BrN2. The highest BCUT2D eigenvalue weighted by molar-refractivity contribution is 9.10. The predicted molar refractivity (Wildman–Crippen MR) is 80.6 cm³/mol. The summed E-state index contributed by atoms with van der Waals surface area (Å²) in [6, 6.07) is 9.04. The standard InChI is InChI=1S/C15H21BrN2/c1-15(11-17,18-14-4-2-3-5-14)10-12-6-8-13(16)9-7-12/h2-3,6-9,14,18H,4-5,10-11,17H2,1H3. The molecule has 0 aromatic heterocycles. The van der Waals surface area contributed by atoms with Crippen LogP contribution in [0.15, 0.2) is 40.9 Å². The molecule has 1 aliphatic rings. The molecule has 2 nitrogen and oxygen atoms in total. The summed E-state index contributed by atoms with van der Waals surface area (Å²) in [7, 11) is 0. The van der Waals surface area contributed by atoms with E-state index < -0.39 is 0 Å². The second kappa shape index (κ2) is 6.00. The molecule has 0 saturated heterocycles. The summed E-state index contributed by atoms with van der Waals surface area (Å²) >= 11 is 3.46. The number of nitrogens with two attached hydrogens (primary N) is 1. The maximum absolute atomic E-state index is 5.97. The van der Waals surface area contributed by atoms with E-state index in [1.54, 1.807) is 0 Å². The first-order valence-corrected chi connectivity index (χ1v) is 7.28. The third-order valence-electron chi connectivity index (χ3n) is 3.52. The first-order valence-electron chi connectivity index (χ1n) is 6.48. The molecule has 2 rings (SSSR count). The summed E-state index contributed by atoms with van der Waals surface area (Å²) in [5.41, 5.74) is 7.27. The Morgan fingerprint density at radius 1 is 1.28 bits per heavy atom. The van der Waals surface area contributed by atoms with E-state index in [4.69, 9.17) is 5.73 Å². The van der Waals surface area contributed by atoms with Gasteiger partial charge in [0.1, 0.15) is 0 Å². The van der Waals surface area contributed by atoms with Crippen LogP contribution >= 0.6 is 15.9 Å². The van der Waals surface area contributed by atoms with Crippen molar-refractivity contribution in [3.63, 3.8) is 0 Å². The van der Waals surface area contributed by atoms with Gasteiger partial charge < -0.3 is 11.1 Å². The molecule has 3 N–H and O–H groups in total. The normalized spacial score (nSPS) is 19.1. The Kier molecular flexibility index (Phi) is 4.60. The zero-order valence-electron chi connectivity index (χ0n) is 10.8. The Morgan fingerprint density at radius 2 is 1.89 bits per heavy atom. The van der Waals surface area contributed by atoms with E-state index in [0.29, 0.717) is 12.6 Å². The summed E-state index contributed by atoms with van der Waals surface area (Å²) in [4.78, 5) is 0. The van der Waals surface area contributed by atoms with Crippen LogP contribution in [0.3, 0.4) is 0 Å². The van der Waals surface area contributed by atoms with Crippen molar-refractivity contribution in [1.82, 2.24) is 5.32 Å². The molecule has 1 unspecified atom stereocenters. The summed E-state index contributed by atoms with van der Waals surface area (Å²) < 4.78 is 1.12. The van der Waals surface area contributed by atoms with E-state index in [-0.39, 0.29) is 5.54 Å². The maximum Gasteiger partial charge on any atom is 0.0318 e. The minimum absolute atomic E-state index is 0.0233. The van der Waals surface area contributed by atoms with Gasteiger partial charge in [0.05, 0.1) is 0 Å². The first-order chi connectivity index (χ1) is 8.61. The lowest BCUT2D eigenvalue weighted by Crippen LogP contribution is -2.54. The van der Waals surface area contributed by atoms with E-state index >= 15 is 0 Å². The minimum atomic E-state index is -0.0233. The lowest BCUT2D eigenvalue weighted by atomic mass is 9.91. The fourth-order valence-electron chi connectivity index (χ4n) is 2.46. The van der Waals surface area contributed by atoms with Crippen LogP contribution in [-0.2, 0) is 6.42 Å². The van der Waals surface area contributed by atoms with Gasteiger partial charge in [-0.1, -0.05) is 40.2 Å². The number of benzene rings is 1. The molecule has 3 heteroatoms. The number of halogens is 1. The highest BCUT2D eigenvalue weighted by Crippen LogP contribution is 2.19. The average molecular weight is 309 g/mol. The number of hydrogen-bond acceptors (Lipinski definition) is 2. The van der Waals surface area contributed by atoms with Crippen molar-refractivity contribution in [2.45, 2.75) is 37.8 Å². The lowest BCUT2D eigenvalue weighted by molar-refractivity contribution is 0.317. The Hall–Kier alpha value is -0.640. The molecule has 0 heterocycles. The quantitative estimate of drug-likeness (QED) is 0.821. The summed E-state index contributed by atoms with van der Waals surface area (Å²) in [5.74, 6) is 0. The second-order valence-corrected chi connectivity index (χ2v) is 6.27. The molecule has 1 atom stereocenters. The van der Waals surface area contributed by atoms with Crippen molar-refractivity contribution < 1.29 is 0 Å². The topological polar surface area (TPSA) is 38.0 Å². The Labute approximate surface area is 118 Å². The molecule has 0 aliphatic heterocycles. The molecule has 1 aromatic carbocycles. The Bertz CT molecular complexity index is 405. The van der Waals surface area contributed by atoms with Gasteiger partial charge >= 0.3 is 0 Å². The molecule has 1 aliphatic carbocycles. The van der Waals surface area contributed by atoms with Gasteiger partial charge in [0.15, 0.2) is 0 Å². The number of rotatable bonds is 5. The van der Waals surface area contributed by atoms with Crippen molar-refractivity contribution in [3.05, 3.63) is 46.5 Å². The molecular weight excluding hydrogens is 288 g/mol. The summed E-state index contributed by atoms with van der Waals surface area (Å²) in [6.07, 6.45) is 7.70. The highest BCUT2D eigenvalue weighted by atomic mass is 79.9. The van der Waals surface area contributed by atoms with Gasteiger partial charge in [0.2, 0.25) is 0 Å². The molecule has 0 amide bonds. The third kappa shape index (κ3) is 3.67. The van der Waals surface area contributed by atoms with Gasteiger partial charge in [-0.2, -0.15) is 0 Å². The van der Waals surface area contributed by atoms with Gasteiger partial charge in [-0.15, -0.1) is 0 Å². The molecule has 1 aromatic rings. The number of nitrogens with one attached hydrogen (secondary N) is 1. The van der Waals surface area contributed by atoms with Crippen LogP contribution in [0.2, 0.25) is 0 Å². The van der Waals surface area contributed by atoms with Gasteiger partial charge in [0, 0.05) is 22.6 Å². The van der Waals surface area contributed by atoms with Crippen molar-refractivity contribution >= 4 is 15.9 Å². The SMILES string of the molecule is CC(CN)(Cc1ccc(Br)cc1)NC1CC=CC1. The van der Waals surface area contributed by atoms with E-state index in [9.17, 15) is 0 Å². The van der Waals surface area contributed by atoms with Crippen LogP contribution < -0.4 is 11.1 Å². The molecule has 0 saturated carbocycles. The van der Waals surface area contributed by atoms with E-state index in [1.165, 1.54) is 5.56 Å². The molecule has 0 bridgehead atoms. The van der Waals surface area contributed by atoms with Crippen molar-refractivity contribution in [3.8, 4) is 0 Å². The van der Waals surface area contributed by atoms with Crippen LogP contribution in [-0.4, -0.2) is 18.1 Å². The highest BCUT2D eigenvalue weighted by Gasteiger charge is 2.26. The fraction of sp³-hybridized carbons (Fsp3) is 0.467. The minimum Gasteiger partial charge on any atom is -0.329 e. The Morgan fingerprint density at radius 3 is 2.44 bits per heavy atom. The summed E-state index contributed by atoms with van der Waals surface area (Å²) in [5, 5.41) is 3.71. The largest absolute Gasteiger partial charge is 0.329 e. The van der Waals surface area contributed by atoms with Gasteiger partial charge in [-0.05, 0) is 43.9 Å². The van der Waals surface area contributed by atoms with Crippen molar-refractivity contribution in [2.24, 2.45) is 5.73 Å². The molecule has 98 valence electrons. The van der Waals surface area contributed by atoms with Crippen LogP contribution in [0, 0.1) is 0 Å². The smallest absolute Gasteiger partial charge is 0.0318 e. The lowest BCUT2D eigenvalue weighted by Gasteiger charge is -2.33. The Balaban J connectivity index is 2.00. The van der Waals surface area contributed by atoms with Crippen molar-refractivity contribution in [2.75, 3.05) is 6.54 Å². The maximum atomic E-state index is 5.97. The third-order valence-corrected chi connectivity index (χ3v) is 4.05. The molecule has 0 radical (unpaired) electrons. The van der Waals surface area contributed by atoms with Crippen LogP contribution in [0.25, 0.3) is 0 Å². The second-order valence-electron chi connectivity index (χ2n) is 5.35. The van der Waals surface area contributed by atoms with E-state index in [2.05, 4.69) is 64.6 Å². The number of hydrogen-bond donors (Lipinski definition) is 2. The predicted octanol–water partition coefficient (Wildman–Crippen LogP) is 3.02. The van der Waals surface area contributed by atoms with Crippen LogP contribution in [0.4, 0.5) is 0 Å². The van der Waals surface area contributed by atoms with E-state index in [1.807, 2.05) is 0 Å². The molecule has 0 spiro atoms. The van der Waals surface area contributed by atoms with Crippen LogP contribution in [0.5, 0.6) is 0 Å². The van der Waals surface area contributed by atoms with E-state index in [0.717, 1.165) is 23.7 Å². The fourth-order valence-corrected chi connectivity index (χ4v) is 2.73. The molecule has 18 heavy (non-hydrogen) atoms. The molecule has 0 fully saturated rings.